The highest BCUT2D eigenvalue weighted by Crippen LogP contribution is 2.45. The summed E-state index contributed by atoms with van der Waals surface area (Å²) in [6, 6.07) is 7.41. The van der Waals surface area contributed by atoms with E-state index in [4.69, 9.17) is 9.47 Å². The Morgan fingerprint density at radius 3 is 2.61 bits per heavy atom. The van der Waals surface area contributed by atoms with Crippen molar-refractivity contribution in [2.75, 3.05) is 6.61 Å². The van der Waals surface area contributed by atoms with Crippen molar-refractivity contribution >= 4 is 37.8 Å². The van der Waals surface area contributed by atoms with Gasteiger partial charge in [0.05, 0.1) is 17.7 Å². The number of nitrogens with zero attached hydrogens (tertiary/aromatic N) is 1. The third-order valence-electron chi connectivity index (χ3n) is 5.32. The average Bonchev–Trinajstić information content (AvgIpc) is 2.77. The third kappa shape index (κ3) is 3.00. The maximum atomic E-state index is 14.7. The fourth-order valence-corrected chi connectivity index (χ4v) is 4.69. The molecule has 11 heteroatoms. The zero-order valence-corrected chi connectivity index (χ0v) is 17.6. The molecule has 0 radical (unpaired) electrons. The van der Waals surface area contributed by atoms with Gasteiger partial charge >= 0.3 is 5.97 Å². The molecule has 168 valence electrons. The second kappa shape index (κ2) is 7.09. The van der Waals surface area contributed by atoms with Gasteiger partial charge in [-0.3, -0.25) is 9.35 Å². The highest BCUT2D eigenvalue weighted by molar-refractivity contribution is 7.86. The summed E-state index contributed by atoms with van der Waals surface area (Å²) in [5, 5.41) is 0.0266. The van der Waals surface area contributed by atoms with Crippen molar-refractivity contribution in [3.8, 4) is 17.2 Å². The predicted molar refractivity (Wildman–Crippen MR) is 113 cm³/mol. The second-order valence-corrected chi connectivity index (χ2v) is 8.59. The van der Waals surface area contributed by atoms with E-state index in [1.165, 1.54) is 34.9 Å². The Hall–Kier alpha value is -3.83. The summed E-state index contributed by atoms with van der Waals surface area (Å²) in [5.41, 5.74) is -1.31. The molecular formula is C22H13F2NO7S. The smallest absolute Gasteiger partial charge is 0.343 e. The van der Waals surface area contributed by atoms with Crippen molar-refractivity contribution in [3.05, 3.63) is 70.0 Å². The SMILES string of the molecule is CCOC(=O)c1cn2c3c(c(F)c(F)cc3c1=O)Oc1ccc3c(S(=O)(=O)O)cccc3c1-2. The maximum Gasteiger partial charge on any atom is 0.343 e. The van der Waals surface area contributed by atoms with Gasteiger partial charge in [0.15, 0.2) is 17.3 Å². The van der Waals surface area contributed by atoms with E-state index in [1.54, 1.807) is 6.92 Å². The fraction of sp³-hybridized carbons (Fsp3) is 0.0909. The summed E-state index contributed by atoms with van der Waals surface area (Å²) in [6.07, 6.45) is 1.12. The molecular weight excluding hydrogens is 460 g/mol. The van der Waals surface area contributed by atoms with E-state index in [9.17, 15) is 31.3 Å². The largest absolute Gasteiger partial charge is 0.462 e. The van der Waals surface area contributed by atoms with Gasteiger partial charge in [0, 0.05) is 17.0 Å². The Morgan fingerprint density at radius 1 is 1.15 bits per heavy atom. The Labute approximate surface area is 184 Å². The lowest BCUT2D eigenvalue weighted by molar-refractivity contribution is 0.0524. The summed E-state index contributed by atoms with van der Waals surface area (Å²) < 4.78 is 74.1. The molecule has 1 N–H and O–H groups in total. The monoisotopic (exact) mass is 473 g/mol. The number of rotatable bonds is 3. The van der Waals surface area contributed by atoms with Crippen LogP contribution in [0.2, 0.25) is 0 Å². The van der Waals surface area contributed by atoms with E-state index in [1.807, 2.05) is 0 Å². The predicted octanol–water partition coefficient (Wildman–Crippen LogP) is 3.95. The Kier molecular flexibility index (Phi) is 4.52. The number of aromatic nitrogens is 1. The van der Waals surface area contributed by atoms with Crippen LogP contribution in [0.25, 0.3) is 27.4 Å². The molecule has 0 saturated heterocycles. The number of benzene rings is 3. The molecule has 1 aliphatic heterocycles. The highest BCUT2D eigenvalue weighted by Gasteiger charge is 2.30. The first kappa shape index (κ1) is 21.0. The van der Waals surface area contributed by atoms with Gasteiger partial charge in [0.1, 0.15) is 16.0 Å². The van der Waals surface area contributed by atoms with Crippen molar-refractivity contribution in [3.63, 3.8) is 0 Å². The molecule has 1 aromatic heterocycles. The molecule has 0 amide bonds. The lowest BCUT2D eigenvalue weighted by Crippen LogP contribution is -2.23. The first-order valence-corrected chi connectivity index (χ1v) is 11.0. The number of hydrogen-bond acceptors (Lipinski definition) is 6. The lowest BCUT2D eigenvalue weighted by atomic mass is 10.0. The van der Waals surface area contributed by atoms with Gasteiger partial charge in [0.2, 0.25) is 11.2 Å². The molecule has 5 rings (SSSR count). The Morgan fingerprint density at radius 2 is 1.91 bits per heavy atom. The zero-order valence-electron chi connectivity index (χ0n) is 16.8. The molecule has 0 unspecified atom stereocenters. The van der Waals surface area contributed by atoms with Crippen LogP contribution in [-0.4, -0.2) is 30.1 Å². The van der Waals surface area contributed by atoms with Gasteiger partial charge in [-0.2, -0.15) is 12.8 Å². The van der Waals surface area contributed by atoms with E-state index in [-0.39, 0.29) is 44.6 Å². The maximum absolute atomic E-state index is 14.7. The second-order valence-electron chi connectivity index (χ2n) is 7.20. The van der Waals surface area contributed by atoms with Crippen LogP contribution in [-0.2, 0) is 14.9 Å². The molecule has 0 aliphatic carbocycles. The van der Waals surface area contributed by atoms with Crippen LogP contribution in [0.15, 0.2) is 52.3 Å². The summed E-state index contributed by atoms with van der Waals surface area (Å²) in [4.78, 5) is 25.0. The van der Waals surface area contributed by atoms with Gasteiger partial charge in [0.25, 0.3) is 10.1 Å². The van der Waals surface area contributed by atoms with Crippen molar-refractivity contribution < 1.29 is 36.0 Å². The molecule has 3 aromatic carbocycles. The molecule has 1 aliphatic rings. The number of pyridine rings is 1. The number of hydrogen-bond donors (Lipinski definition) is 1. The number of halogens is 2. The molecule has 4 aromatic rings. The van der Waals surface area contributed by atoms with E-state index < -0.39 is 44.5 Å². The average molecular weight is 473 g/mol. The van der Waals surface area contributed by atoms with E-state index in [0.29, 0.717) is 6.07 Å². The molecule has 2 heterocycles. The Bertz CT molecular complexity index is 1690. The van der Waals surface area contributed by atoms with Gasteiger partial charge in [-0.25, -0.2) is 9.18 Å². The van der Waals surface area contributed by atoms with Gasteiger partial charge in [-0.15, -0.1) is 0 Å². The van der Waals surface area contributed by atoms with E-state index in [0.717, 1.165) is 6.20 Å². The topological polar surface area (TPSA) is 112 Å². The highest BCUT2D eigenvalue weighted by atomic mass is 32.2. The zero-order chi connectivity index (χ0) is 23.7. The van der Waals surface area contributed by atoms with Crippen LogP contribution in [0.4, 0.5) is 8.78 Å². The minimum Gasteiger partial charge on any atom is -0.462 e. The Balaban J connectivity index is 1.99. The van der Waals surface area contributed by atoms with Crippen molar-refractivity contribution in [2.45, 2.75) is 11.8 Å². The lowest BCUT2D eigenvalue weighted by Gasteiger charge is -2.25. The van der Waals surface area contributed by atoms with Crippen molar-refractivity contribution in [1.82, 2.24) is 4.57 Å². The first-order chi connectivity index (χ1) is 15.6. The number of carbonyl (C=O) groups is 1. The third-order valence-corrected chi connectivity index (χ3v) is 6.23. The van der Waals surface area contributed by atoms with Gasteiger partial charge in [-0.1, -0.05) is 12.1 Å². The molecule has 0 fully saturated rings. The van der Waals surface area contributed by atoms with Crippen LogP contribution in [0.5, 0.6) is 11.5 Å². The first-order valence-electron chi connectivity index (χ1n) is 9.59. The molecule has 33 heavy (non-hydrogen) atoms. The van der Waals surface area contributed by atoms with E-state index >= 15 is 0 Å². The molecule has 8 nitrogen and oxygen atoms in total. The van der Waals surface area contributed by atoms with Gasteiger partial charge < -0.3 is 14.0 Å². The molecule has 0 bridgehead atoms. The molecule has 0 atom stereocenters. The number of carbonyl (C=O) groups excluding carboxylic acids is 1. The fourth-order valence-electron chi connectivity index (χ4n) is 3.99. The standard InChI is InChI=1S/C22H13F2NO7S/c1-2-31-22(27)13-9-25-18-11-4-3-5-16(33(28,29)30)10(11)6-7-15(18)32-21-17(24)14(23)8-12(19(21)25)20(13)26/h3-9H,2H2,1H3,(H,28,29,30). The molecule has 0 spiro atoms. The summed E-state index contributed by atoms with van der Waals surface area (Å²) in [7, 11) is -4.60. The number of fused-ring (bicyclic) bond motifs is 4. The van der Waals surface area contributed by atoms with Crippen molar-refractivity contribution in [2.24, 2.45) is 0 Å². The van der Waals surface area contributed by atoms with Gasteiger partial charge in [-0.05, 0) is 31.2 Å². The van der Waals surface area contributed by atoms with Crippen LogP contribution in [0.3, 0.4) is 0 Å². The normalized spacial score (nSPS) is 12.5. The number of ether oxygens (including phenoxy) is 2. The summed E-state index contributed by atoms with van der Waals surface area (Å²) in [5.74, 6) is -4.20. The summed E-state index contributed by atoms with van der Waals surface area (Å²) in [6.45, 7) is 1.51. The van der Waals surface area contributed by atoms with Crippen LogP contribution < -0.4 is 10.2 Å². The van der Waals surface area contributed by atoms with Crippen molar-refractivity contribution in [1.29, 1.82) is 0 Å². The van der Waals surface area contributed by atoms with Crippen LogP contribution in [0.1, 0.15) is 17.3 Å². The number of esters is 1. The summed E-state index contributed by atoms with van der Waals surface area (Å²) >= 11 is 0. The molecule has 0 saturated carbocycles. The minimum atomic E-state index is -4.60. The van der Waals surface area contributed by atoms with E-state index in [2.05, 4.69) is 0 Å². The quantitative estimate of drug-likeness (QED) is 0.312. The minimum absolute atomic E-state index is 0.00625. The van der Waals surface area contributed by atoms with Crippen LogP contribution in [0, 0.1) is 11.6 Å². The van der Waals surface area contributed by atoms with Crippen LogP contribution >= 0.6 is 0 Å².